The Labute approximate surface area is 95.1 Å². The summed E-state index contributed by atoms with van der Waals surface area (Å²) in [4.78, 5) is 6.39. The Kier molecular flexibility index (Phi) is 3.37. The summed E-state index contributed by atoms with van der Waals surface area (Å²) in [6, 6.07) is 6.18. The van der Waals surface area contributed by atoms with E-state index < -0.39 is 0 Å². The normalized spacial score (nSPS) is 15.2. The first-order chi connectivity index (χ1) is 7.85. The predicted octanol–water partition coefficient (Wildman–Crippen LogP) is 1.30. The van der Waals surface area contributed by atoms with E-state index in [4.69, 9.17) is 10.4 Å². The largest absolute Gasteiger partial charge is 0.395 e. The van der Waals surface area contributed by atoms with E-state index in [2.05, 4.69) is 16.0 Å². The average Bonchev–Trinajstić information content (AvgIpc) is 2.26. The maximum atomic E-state index is 9.05. The predicted molar refractivity (Wildman–Crippen MR) is 61.0 cm³/mol. The van der Waals surface area contributed by atoms with Gasteiger partial charge in [0.15, 0.2) is 0 Å². The molecule has 1 heterocycles. The van der Waals surface area contributed by atoms with Gasteiger partial charge in [0, 0.05) is 18.8 Å². The van der Waals surface area contributed by atoms with Crippen molar-refractivity contribution in [2.45, 2.75) is 25.3 Å². The summed E-state index contributed by atoms with van der Waals surface area (Å²) in [6.07, 6.45) is 5.17. The maximum absolute atomic E-state index is 9.05. The van der Waals surface area contributed by atoms with Gasteiger partial charge in [0.2, 0.25) is 0 Å². The molecule has 1 saturated carbocycles. The summed E-state index contributed by atoms with van der Waals surface area (Å²) < 4.78 is 0. The minimum atomic E-state index is 0.137. The molecule has 1 N–H and O–H groups in total. The first kappa shape index (κ1) is 10.9. The van der Waals surface area contributed by atoms with E-state index in [1.54, 1.807) is 12.3 Å². The van der Waals surface area contributed by atoms with E-state index in [9.17, 15) is 0 Å². The smallest absolute Gasteiger partial charge is 0.128 e. The van der Waals surface area contributed by atoms with Crippen LogP contribution in [-0.4, -0.2) is 29.3 Å². The highest BCUT2D eigenvalue weighted by molar-refractivity contribution is 5.43. The van der Waals surface area contributed by atoms with Crippen molar-refractivity contribution in [1.29, 1.82) is 5.26 Å². The number of aliphatic hydroxyl groups excluding tert-OH is 1. The van der Waals surface area contributed by atoms with Crippen molar-refractivity contribution in [3.63, 3.8) is 0 Å². The molecule has 0 atom stereocenters. The number of rotatable bonds is 4. The van der Waals surface area contributed by atoms with Crippen LogP contribution in [0.15, 0.2) is 18.3 Å². The summed E-state index contributed by atoms with van der Waals surface area (Å²) in [5.74, 6) is 0.859. The molecule has 1 fully saturated rings. The number of nitriles is 1. The molecule has 0 amide bonds. The van der Waals surface area contributed by atoms with Gasteiger partial charge >= 0.3 is 0 Å². The zero-order valence-corrected chi connectivity index (χ0v) is 9.13. The van der Waals surface area contributed by atoms with E-state index in [1.165, 1.54) is 19.3 Å². The second-order valence-corrected chi connectivity index (χ2v) is 4.02. The number of aromatic nitrogens is 1. The monoisotopic (exact) mass is 217 g/mol. The molecule has 0 saturated heterocycles. The van der Waals surface area contributed by atoms with E-state index >= 15 is 0 Å². The second-order valence-electron chi connectivity index (χ2n) is 4.02. The number of hydrogen-bond acceptors (Lipinski definition) is 4. The van der Waals surface area contributed by atoms with Crippen molar-refractivity contribution in [1.82, 2.24) is 4.98 Å². The number of hydrogen-bond donors (Lipinski definition) is 1. The molecule has 4 heteroatoms. The van der Waals surface area contributed by atoms with Crippen molar-refractivity contribution in [3.8, 4) is 6.07 Å². The summed E-state index contributed by atoms with van der Waals surface area (Å²) in [5.41, 5.74) is 0.571. The quantitative estimate of drug-likeness (QED) is 0.826. The SMILES string of the molecule is N#Cc1ccc(N(CCO)C2CCC2)nc1. The van der Waals surface area contributed by atoms with Crippen LogP contribution in [0.1, 0.15) is 24.8 Å². The number of nitrogens with zero attached hydrogens (tertiary/aromatic N) is 3. The maximum Gasteiger partial charge on any atom is 0.128 e. The molecule has 16 heavy (non-hydrogen) atoms. The first-order valence-corrected chi connectivity index (χ1v) is 5.59. The molecule has 0 radical (unpaired) electrons. The molecule has 0 unspecified atom stereocenters. The van der Waals surface area contributed by atoms with Crippen molar-refractivity contribution < 1.29 is 5.11 Å². The highest BCUT2D eigenvalue weighted by Gasteiger charge is 2.25. The lowest BCUT2D eigenvalue weighted by molar-refractivity contribution is 0.283. The zero-order chi connectivity index (χ0) is 11.4. The molecular formula is C12H15N3O. The summed E-state index contributed by atoms with van der Waals surface area (Å²) in [6.45, 7) is 0.752. The molecule has 0 spiro atoms. The van der Waals surface area contributed by atoms with Gasteiger partial charge in [0.1, 0.15) is 11.9 Å². The lowest BCUT2D eigenvalue weighted by Gasteiger charge is -2.38. The Morgan fingerprint density at radius 2 is 2.31 bits per heavy atom. The zero-order valence-electron chi connectivity index (χ0n) is 9.13. The van der Waals surface area contributed by atoms with Crippen molar-refractivity contribution in [3.05, 3.63) is 23.9 Å². The molecule has 2 rings (SSSR count). The number of anilines is 1. The fourth-order valence-electron chi connectivity index (χ4n) is 1.91. The minimum absolute atomic E-state index is 0.137. The van der Waals surface area contributed by atoms with Crippen LogP contribution in [-0.2, 0) is 0 Å². The fourth-order valence-corrected chi connectivity index (χ4v) is 1.91. The van der Waals surface area contributed by atoms with Crippen LogP contribution in [0.5, 0.6) is 0 Å². The standard InChI is InChI=1S/C12H15N3O/c13-8-10-4-5-12(14-9-10)15(6-7-16)11-2-1-3-11/h4-5,9,11,16H,1-3,6-7H2. The van der Waals surface area contributed by atoms with E-state index in [0.29, 0.717) is 18.2 Å². The van der Waals surface area contributed by atoms with Crippen molar-refractivity contribution in [2.24, 2.45) is 0 Å². The molecular weight excluding hydrogens is 202 g/mol. The van der Waals surface area contributed by atoms with Gasteiger partial charge in [0.05, 0.1) is 12.2 Å². The lowest BCUT2D eigenvalue weighted by atomic mass is 9.91. The van der Waals surface area contributed by atoms with Crippen LogP contribution in [0.3, 0.4) is 0 Å². The van der Waals surface area contributed by atoms with Crippen molar-refractivity contribution >= 4 is 5.82 Å². The van der Waals surface area contributed by atoms with Gasteiger partial charge in [-0.3, -0.25) is 0 Å². The average molecular weight is 217 g/mol. The lowest BCUT2D eigenvalue weighted by Crippen LogP contribution is -2.42. The van der Waals surface area contributed by atoms with Gasteiger partial charge in [0.25, 0.3) is 0 Å². The molecule has 4 nitrogen and oxygen atoms in total. The van der Waals surface area contributed by atoms with Gasteiger partial charge in [-0.05, 0) is 31.4 Å². The highest BCUT2D eigenvalue weighted by Crippen LogP contribution is 2.28. The molecule has 0 aliphatic heterocycles. The molecule has 1 aromatic heterocycles. The van der Waals surface area contributed by atoms with Gasteiger partial charge in [-0.2, -0.15) is 5.26 Å². The minimum Gasteiger partial charge on any atom is -0.395 e. The van der Waals surface area contributed by atoms with Crippen LogP contribution in [0.4, 0.5) is 5.82 Å². The Morgan fingerprint density at radius 1 is 1.50 bits per heavy atom. The third-order valence-corrected chi connectivity index (χ3v) is 3.03. The van der Waals surface area contributed by atoms with Crippen LogP contribution in [0.2, 0.25) is 0 Å². The van der Waals surface area contributed by atoms with Gasteiger partial charge in [-0.15, -0.1) is 0 Å². The Hall–Kier alpha value is -1.60. The van der Waals surface area contributed by atoms with Crippen LogP contribution >= 0.6 is 0 Å². The fraction of sp³-hybridized carbons (Fsp3) is 0.500. The van der Waals surface area contributed by atoms with Gasteiger partial charge < -0.3 is 10.0 Å². The van der Waals surface area contributed by atoms with Crippen molar-refractivity contribution in [2.75, 3.05) is 18.1 Å². The molecule has 1 aliphatic carbocycles. The van der Waals surface area contributed by atoms with Gasteiger partial charge in [-0.1, -0.05) is 0 Å². The molecule has 0 aromatic carbocycles. The molecule has 84 valence electrons. The van der Waals surface area contributed by atoms with E-state index in [-0.39, 0.29) is 6.61 Å². The summed E-state index contributed by atoms with van der Waals surface area (Å²) >= 11 is 0. The Balaban J connectivity index is 2.14. The number of aliphatic hydroxyl groups is 1. The Morgan fingerprint density at radius 3 is 2.75 bits per heavy atom. The topological polar surface area (TPSA) is 60.2 Å². The third kappa shape index (κ3) is 2.15. The van der Waals surface area contributed by atoms with Crippen LogP contribution < -0.4 is 4.90 Å². The van der Waals surface area contributed by atoms with Crippen LogP contribution in [0, 0.1) is 11.3 Å². The molecule has 0 bridgehead atoms. The third-order valence-electron chi connectivity index (χ3n) is 3.03. The van der Waals surface area contributed by atoms with E-state index in [0.717, 1.165) is 5.82 Å². The number of pyridine rings is 1. The summed E-state index contributed by atoms with van der Waals surface area (Å²) in [7, 11) is 0. The van der Waals surface area contributed by atoms with Crippen LogP contribution in [0.25, 0.3) is 0 Å². The molecule has 1 aromatic rings. The molecule has 1 aliphatic rings. The highest BCUT2D eigenvalue weighted by atomic mass is 16.3. The summed E-state index contributed by atoms with van der Waals surface area (Å²) in [5, 5.41) is 17.7. The van der Waals surface area contributed by atoms with Gasteiger partial charge in [-0.25, -0.2) is 4.98 Å². The first-order valence-electron chi connectivity index (χ1n) is 5.59. The Bertz CT molecular complexity index is 378. The second kappa shape index (κ2) is 4.95. The van der Waals surface area contributed by atoms with E-state index in [1.807, 2.05) is 6.07 Å².